The number of ether oxygens (including phenoxy) is 1. The van der Waals surface area contributed by atoms with E-state index >= 15 is 0 Å². The monoisotopic (exact) mass is 870 g/mol. The van der Waals surface area contributed by atoms with Gasteiger partial charge in [0.1, 0.15) is 11.9 Å². The van der Waals surface area contributed by atoms with Crippen LogP contribution in [0, 0.1) is 0 Å². The molecule has 0 spiro atoms. The van der Waals surface area contributed by atoms with Crippen LogP contribution in [0.2, 0.25) is 0 Å². The number of hydrogen-bond acceptors (Lipinski definition) is 4. The number of aromatic nitrogens is 4. The smallest absolute Gasteiger partial charge is 0.164 e. The number of fused-ring (bicyclic) bond motifs is 7. The summed E-state index contributed by atoms with van der Waals surface area (Å²) in [6, 6.07) is 81.1. The summed E-state index contributed by atoms with van der Waals surface area (Å²) < 4.78 is 9.49. The van der Waals surface area contributed by atoms with Crippen molar-refractivity contribution in [2.24, 2.45) is 0 Å². The fourth-order valence-corrected chi connectivity index (χ4v) is 10.2. The molecule has 5 nitrogen and oxygen atoms in total. The third-order valence-electron chi connectivity index (χ3n) is 13.4. The quantitative estimate of drug-likeness (QED) is 0.153. The summed E-state index contributed by atoms with van der Waals surface area (Å²) in [6.45, 7) is 0. The van der Waals surface area contributed by atoms with Gasteiger partial charge in [0.2, 0.25) is 0 Å². The van der Waals surface area contributed by atoms with Crippen molar-refractivity contribution < 1.29 is 4.74 Å². The molecule has 320 valence electrons. The van der Waals surface area contributed by atoms with Gasteiger partial charge in [-0.15, -0.1) is 0 Å². The summed E-state index contributed by atoms with van der Waals surface area (Å²) in [7, 11) is 0. The standard InChI is InChI=1S/C63H42N4O/c1-4-16-41(17-5-1)45-22-12-23-46(38-45)44-32-34-51(35-33-44)67-55-30-11-10-28-52(55)59-56(67)37-36-53-58-54(29-15-31-57(58)68-60(53)59)63-65-61(49-26-13-24-47(39-49)42-18-6-2-7-19-42)64-62(66-63)50-27-14-25-48(40-50)43-20-8-3-9-21-43/h1-40,53,60H. The largest absolute Gasteiger partial charge is 0.484 e. The van der Waals surface area contributed by atoms with Crippen LogP contribution in [0.4, 0.5) is 0 Å². The molecule has 11 aromatic rings. The van der Waals surface area contributed by atoms with Gasteiger partial charge >= 0.3 is 0 Å². The van der Waals surface area contributed by atoms with Gasteiger partial charge in [-0.05, 0) is 93.0 Å². The Bertz CT molecular complexity index is 3610. The summed E-state index contributed by atoms with van der Waals surface area (Å²) in [5.41, 5.74) is 17.6. The van der Waals surface area contributed by atoms with E-state index in [1.807, 2.05) is 12.1 Å². The van der Waals surface area contributed by atoms with Gasteiger partial charge in [0.15, 0.2) is 17.5 Å². The average molecular weight is 871 g/mol. The summed E-state index contributed by atoms with van der Waals surface area (Å²) in [6.07, 6.45) is 4.36. The van der Waals surface area contributed by atoms with Crippen LogP contribution in [0.15, 0.2) is 237 Å². The Hall–Kier alpha value is -8.93. The Labute approximate surface area is 395 Å². The average Bonchev–Trinajstić information content (AvgIpc) is 3.98. The van der Waals surface area contributed by atoms with E-state index < -0.39 is 0 Å². The van der Waals surface area contributed by atoms with E-state index in [1.165, 1.54) is 33.2 Å². The first-order valence-corrected chi connectivity index (χ1v) is 23.2. The number of rotatable bonds is 8. The normalized spacial score (nSPS) is 14.5. The maximum Gasteiger partial charge on any atom is 0.164 e. The van der Waals surface area contributed by atoms with Crippen molar-refractivity contribution in [3.63, 3.8) is 0 Å². The number of para-hydroxylation sites is 1. The second kappa shape index (κ2) is 16.5. The summed E-state index contributed by atoms with van der Waals surface area (Å²) >= 11 is 0. The summed E-state index contributed by atoms with van der Waals surface area (Å²) in [4.78, 5) is 15.8. The predicted molar refractivity (Wildman–Crippen MR) is 276 cm³/mol. The zero-order valence-corrected chi connectivity index (χ0v) is 36.9. The van der Waals surface area contributed by atoms with Gasteiger partial charge in [-0.1, -0.05) is 194 Å². The lowest BCUT2D eigenvalue weighted by Gasteiger charge is -2.23. The molecule has 0 saturated heterocycles. The van der Waals surface area contributed by atoms with E-state index in [4.69, 9.17) is 19.7 Å². The SMILES string of the molecule is C1=CC2c3c(cccc3-c3nc(-c4cccc(-c5ccccc5)c4)nc(-c4cccc(-c5ccccc5)c4)n3)OC2c2c1n(-c1ccc(-c3cccc(-c4ccccc4)c3)cc1)c1ccccc21. The van der Waals surface area contributed by atoms with E-state index in [-0.39, 0.29) is 12.0 Å². The van der Waals surface area contributed by atoms with E-state index in [9.17, 15) is 0 Å². The molecule has 2 unspecified atom stereocenters. The predicted octanol–water partition coefficient (Wildman–Crippen LogP) is 15.7. The number of benzene rings is 9. The van der Waals surface area contributed by atoms with Gasteiger partial charge in [-0.3, -0.25) is 0 Å². The Morgan fingerprint density at radius 1 is 0.368 bits per heavy atom. The molecule has 5 heteroatoms. The van der Waals surface area contributed by atoms with Crippen LogP contribution in [0.1, 0.15) is 28.8 Å². The highest BCUT2D eigenvalue weighted by atomic mass is 16.5. The topological polar surface area (TPSA) is 52.8 Å². The Morgan fingerprint density at radius 2 is 0.824 bits per heavy atom. The molecular formula is C63H42N4O. The van der Waals surface area contributed by atoms with Crippen LogP contribution < -0.4 is 4.74 Å². The van der Waals surface area contributed by atoms with Gasteiger partial charge < -0.3 is 9.30 Å². The van der Waals surface area contributed by atoms with Crippen LogP contribution in [-0.2, 0) is 0 Å². The molecule has 3 heterocycles. The minimum atomic E-state index is -0.247. The second-order valence-corrected chi connectivity index (χ2v) is 17.5. The van der Waals surface area contributed by atoms with E-state index in [1.54, 1.807) is 0 Å². The van der Waals surface area contributed by atoms with Crippen molar-refractivity contribution in [3.8, 4) is 90.1 Å². The van der Waals surface area contributed by atoms with Crippen molar-refractivity contribution in [1.29, 1.82) is 0 Å². The lowest BCUT2D eigenvalue weighted by atomic mass is 9.83. The number of nitrogens with zero attached hydrogens (tertiary/aromatic N) is 4. The van der Waals surface area contributed by atoms with Crippen molar-refractivity contribution in [2.75, 3.05) is 0 Å². The van der Waals surface area contributed by atoms with Crippen LogP contribution in [0.5, 0.6) is 5.75 Å². The molecule has 1 aliphatic carbocycles. The molecule has 0 bridgehead atoms. The first-order chi connectivity index (χ1) is 33.7. The van der Waals surface area contributed by atoms with E-state index in [0.717, 1.165) is 67.2 Å². The molecule has 0 fully saturated rings. The molecule has 0 saturated carbocycles. The Kier molecular flexibility index (Phi) is 9.57. The molecule has 2 atom stereocenters. The molecule has 13 rings (SSSR count). The second-order valence-electron chi connectivity index (χ2n) is 17.5. The summed E-state index contributed by atoms with van der Waals surface area (Å²) in [5, 5.41) is 1.18. The van der Waals surface area contributed by atoms with Crippen LogP contribution in [-0.4, -0.2) is 19.5 Å². The molecule has 0 amide bonds. The van der Waals surface area contributed by atoms with Gasteiger partial charge in [0.05, 0.1) is 11.2 Å². The molecule has 0 N–H and O–H groups in total. The van der Waals surface area contributed by atoms with Crippen LogP contribution >= 0.6 is 0 Å². The Morgan fingerprint density at radius 3 is 1.40 bits per heavy atom. The first kappa shape index (κ1) is 39.4. The zero-order chi connectivity index (χ0) is 45.0. The van der Waals surface area contributed by atoms with Gasteiger partial charge in [0.25, 0.3) is 0 Å². The molecule has 9 aromatic carbocycles. The highest BCUT2D eigenvalue weighted by Crippen LogP contribution is 2.55. The van der Waals surface area contributed by atoms with Gasteiger partial charge in [-0.25, -0.2) is 15.0 Å². The highest BCUT2D eigenvalue weighted by Gasteiger charge is 2.42. The van der Waals surface area contributed by atoms with Crippen molar-refractivity contribution in [2.45, 2.75) is 12.0 Å². The fraction of sp³-hybridized carbons (Fsp3) is 0.0317. The molecule has 1 aliphatic heterocycles. The lowest BCUT2D eigenvalue weighted by Crippen LogP contribution is -2.14. The fourth-order valence-electron chi connectivity index (χ4n) is 10.2. The Balaban J connectivity index is 0.904. The minimum absolute atomic E-state index is 0.0706. The lowest BCUT2D eigenvalue weighted by molar-refractivity contribution is 0.224. The number of hydrogen-bond donors (Lipinski definition) is 0. The first-order valence-electron chi connectivity index (χ1n) is 23.2. The van der Waals surface area contributed by atoms with Crippen molar-refractivity contribution in [1.82, 2.24) is 19.5 Å². The van der Waals surface area contributed by atoms with E-state index in [0.29, 0.717) is 17.5 Å². The maximum absolute atomic E-state index is 7.10. The van der Waals surface area contributed by atoms with Crippen molar-refractivity contribution in [3.05, 3.63) is 253 Å². The molecular weight excluding hydrogens is 829 g/mol. The van der Waals surface area contributed by atoms with E-state index in [2.05, 4.69) is 235 Å². The third-order valence-corrected chi connectivity index (χ3v) is 13.4. The minimum Gasteiger partial charge on any atom is -0.484 e. The molecule has 2 aromatic heterocycles. The highest BCUT2D eigenvalue weighted by molar-refractivity contribution is 5.92. The third kappa shape index (κ3) is 6.92. The van der Waals surface area contributed by atoms with Crippen molar-refractivity contribution >= 4 is 17.0 Å². The zero-order valence-electron chi connectivity index (χ0n) is 36.9. The molecule has 2 aliphatic rings. The van der Waals surface area contributed by atoms with Gasteiger partial charge in [-0.2, -0.15) is 0 Å². The molecule has 0 radical (unpaired) electrons. The maximum atomic E-state index is 7.10. The molecule has 68 heavy (non-hydrogen) atoms. The van der Waals surface area contributed by atoms with Crippen LogP contribution in [0.3, 0.4) is 0 Å². The van der Waals surface area contributed by atoms with Gasteiger partial charge in [0, 0.05) is 44.8 Å². The summed E-state index contributed by atoms with van der Waals surface area (Å²) in [5.74, 6) is 2.60. The van der Waals surface area contributed by atoms with Crippen LogP contribution in [0.25, 0.3) is 101 Å².